The van der Waals surface area contributed by atoms with E-state index < -0.39 is 6.04 Å². The molecule has 1 atom stereocenters. The van der Waals surface area contributed by atoms with Gasteiger partial charge in [0.2, 0.25) is 0 Å². The molecule has 0 bridgehead atoms. The van der Waals surface area contributed by atoms with Crippen LogP contribution in [0.4, 0.5) is 4.39 Å². The number of benzene rings is 2. The van der Waals surface area contributed by atoms with Crippen LogP contribution in [0.25, 0.3) is 0 Å². The number of carbonyl (C=O) groups is 1. The number of carbonyl (C=O) groups excluding carboxylic acids is 1. The predicted octanol–water partition coefficient (Wildman–Crippen LogP) is 3.75. The first-order valence-corrected chi connectivity index (χ1v) is 9.67. The molecule has 2 aromatic carbocycles. The molecular weight excluding hydrogens is 385 g/mol. The highest BCUT2D eigenvalue weighted by Crippen LogP contribution is 2.22. The van der Waals surface area contributed by atoms with Crippen LogP contribution in [0.1, 0.15) is 53.2 Å². The standard InChI is InChI=1S/C23H24FN3O3/c1-14(2)22-25-17(13-21(28)27-22)12-19(15-8-10-16(24)11-9-15)26-23(29)18-6-4-5-7-20(18)30-3/h4-11,13-14,19H,12H2,1-3H3,(H,26,29)(H,25,27,28). The van der Waals surface area contributed by atoms with Crippen molar-refractivity contribution in [3.63, 3.8) is 0 Å². The van der Waals surface area contributed by atoms with Crippen LogP contribution in [0.3, 0.4) is 0 Å². The first-order valence-electron chi connectivity index (χ1n) is 9.67. The van der Waals surface area contributed by atoms with Gasteiger partial charge < -0.3 is 15.0 Å². The zero-order valence-corrected chi connectivity index (χ0v) is 17.1. The lowest BCUT2D eigenvalue weighted by Gasteiger charge is -2.20. The van der Waals surface area contributed by atoms with Gasteiger partial charge in [-0.05, 0) is 29.8 Å². The Morgan fingerprint density at radius 1 is 1.17 bits per heavy atom. The van der Waals surface area contributed by atoms with Crippen LogP contribution in [0, 0.1) is 5.82 Å². The number of H-pyrrole nitrogens is 1. The lowest BCUT2D eigenvalue weighted by molar-refractivity contribution is 0.0933. The van der Waals surface area contributed by atoms with E-state index in [1.165, 1.54) is 25.3 Å². The molecule has 1 amide bonds. The van der Waals surface area contributed by atoms with E-state index in [0.29, 0.717) is 28.4 Å². The number of rotatable bonds is 7. The average molecular weight is 409 g/mol. The van der Waals surface area contributed by atoms with Gasteiger partial charge in [0.05, 0.1) is 24.4 Å². The molecule has 1 heterocycles. The van der Waals surface area contributed by atoms with Gasteiger partial charge in [-0.25, -0.2) is 9.37 Å². The van der Waals surface area contributed by atoms with Crippen molar-refractivity contribution in [3.8, 4) is 5.75 Å². The number of ether oxygens (including phenoxy) is 1. The van der Waals surface area contributed by atoms with E-state index in [1.807, 2.05) is 13.8 Å². The third-order valence-electron chi connectivity index (χ3n) is 4.70. The minimum atomic E-state index is -0.516. The van der Waals surface area contributed by atoms with Crippen LogP contribution in [-0.2, 0) is 6.42 Å². The van der Waals surface area contributed by atoms with E-state index in [4.69, 9.17) is 4.74 Å². The van der Waals surface area contributed by atoms with Crippen LogP contribution in [-0.4, -0.2) is 23.0 Å². The number of hydrogen-bond donors (Lipinski definition) is 2. The molecule has 0 saturated heterocycles. The molecule has 0 aliphatic carbocycles. The number of hydrogen-bond acceptors (Lipinski definition) is 4. The summed E-state index contributed by atoms with van der Waals surface area (Å²) < 4.78 is 18.7. The summed E-state index contributed by atoms with van der Waals surface area (Å²) in [6, 6.07) is 13.7. The summed E-state index contributed by atoms with van der Waals surface area (Å²) in [6.07, 6.45) is 0.274. The molecule has 0 saturated carbocycles. The Morgan fingerprint density at radius 3 is 2.53 bits per heavy atom. The SMILES string of the molecule is COc1ccccc1C(=O)NC(Cc1cc(=O)[nH]c(C(C)C)n1)c1ccc(F)cc1. The second-order valence-electron chi connectivity index (χ2n) is 7.26. The third kappa shape index (κ3) is 5.11. The Bertz CT molecular complexity index is 1080. The maximum absolute atomic E-state index is 13.4. The maximum Gasteiger partial charge on any atom is 0.255 e. The van der Waals surface area contributed by atoms with Gasteiger partial charge in [-0.2, -0.15) is 0 Å². The number of para-hydroxylation sites is 1. The molecule has 0 fully saturated rings. The van der Waals surface area contributed by atoms with E-state index in [0.717, 1.165) is 0 Å². The lowest BCUT2D eigenvalue weighted by Crippen LogP contribution is -2.31. The van der Waals surface area contributed by atoms with Crippen molar-refractivity contribution in [3.05, 3.63) is 93.4 Å². The smallest absolute Gasteiger partial charge is 0.255 e. The first kappa shape index (κ1) is 21.2. The first-order chi connectivity index (χ1) is 14.4. The molecule has 0 spiro atoms. The van der Waals surface area contributed by atoms with Gasteiger partial charge in [-0.1, -0.05) is 38.1 Å². The summed E-state index contributed by atoms with van der Waals surface area (Å²) in [4.78, 5) is 32.3. The summed E-state index contributed by atoms with van der Waals surface area (Å²) in [6.45, 7) is 3.87. The number of aromatic nitrogens is 2. The van der Waals surface area contributed by atoms with Crippen LogP contribution in [0.2, 0.25) is 0 Å². The minimum Gasteiger partial charge on any atom is -0.496 e. The molecule has 2 N–H and O–H groups in total. The molecule has 0 aliphatic heterocycles. The second-order valence-corrected chi connectivity index (χ2v) is 7.26. The summed E-state index contributed by atoms with van der Waals surface area (Å²) in [5, 5.41) is 2.97. The molecule has 3 rings (SSSR count). The van der Waals surface area contributed by atoms with Crippen molar-refractivity contribution in [2.24, 2.45) is 0 Å². The predicted molar refractivity (Wildman–Crippen MR) is 112 cm³/mol. The van der Waals surface area contributed by atoms with E-state index in [1.54, 1.807) is 36.4 Å². The van der Waals surface area contributed by atoms with Crippen molar-refractivity contribution in [1.82, 2.24) is 15.3 Å². The largest absolute Gasteiger partial charge is 0.496 e. The van der Waals surface area contributed by atoms with Gasteiger partial charge >= 0.3 is 0 Å². The fourth-order valence-electron chi connectivity index (χ4n) is 3.13. The number of nitrogens with zero attached hydrogens (tertiary/aromatic N) is 1. The topological polar surface area (TPSA) is 84.1 Å². The molecule has 0 radical (unpaired) electrons. The number of nitrogens with one attached hydrogen (secondary N) is 2. The van der Waals surface area contributed by atoms with Crippen molar-refractivity contribution in [2.75, 3.05) is 7.11 Å². The summed E-state index contributed by atoms with van der Waals surface area (Å²) in [7, 11) is 1.50. The van der Waals surface area contributed by atoms with Crippen molar-refractivity contribution >= 4 is 5.91 Å². The average Bonchev–Trinajstić information content (AvgIpc) is 2.73. The molecule has 1 unspecified atom stereocenters. The molecule has 1 aromatic heterocycles. The molecule has 3 aromatic rings. The molecule has 0 aliphatic rings. The van der Waals surface area contributed by atoms with Gasteiger partial charge in [-0.15, -0.1) is 0 Å². The van der Waals surface area contributed by atoms with Crippen LogP contribution in [0.5, 0.6) is 5.75 Å². The van der Waals surface area contributed by atoms with Gasteiger partial charge in [0, 0.05) is 18.4 Å². The number of methoxy groups -OCH3 is 1. The highest BCUT2D eigenvalue weighted by atomic mass is 19.1. The Morgan fingerprint density at radius 2 is 1.87 bits per heavy atom. The van der Waals surface area contributed by atoms with Crippen molar-refractivity contribution < 1.29 is 13.9 Å². The second kappa shape index (κ2) is 9.35. The van der Waals surface area contributed by atoms with Crippen LogP contribution in [0.15, 0.2) is 59.4 Å². The molecule has 30 heavy (non-hydrogen) atoms. The maximum atomic E-state index is 13.4. The minimum absolute atomic E-state index is 0.0464. The molecule has 156 valence electrons. The van der Waals surface area contributed by atoms with Crippen LogP contribution >= 0.6 is 0 Å². The molecular formula is C23H24FN3O3. The summed E-state index contributed by atoms with van der Waals surface area (Å²) in [5.74, 6) is 0.362. The normalized spacial score (nSPS) is 11.9. The number of halogens is 1. The Kier molecular flexibility index (Phi) is 6.61. The van der Waals surface area contributed by atoms with E-state index in [2.05, 4.69) is 15.3 Å². The lowest BCUT2D eigenvalue weighted by atomic mass is 10.0. The van der Waals surface area contributed by atoms with Gasteiger partial charge in [-0.3, -0.25) is 9.59 Å². The third-order valence-corrected chi connectivity index (χ3v) is 4.70. The van der Waals surface area contributed by atoms with Crippen molar-refractivity contribution in [1.29, 1.82) is 0 Å². The van der Waals surface area contributed by atoms with Gasteiger partial charge in [0.15, 0.2) is 0 Å². The number of amides is 1. The Balaban J connectivity index is 1.94. The van der Waals surface area contributed by atoms with Crippen molar-refractivity contribution in [2.45, 2.75) is 32.2 Å². The fourth-order valence-corrected chi connectivity index (χ4v) is 3.13. The van der Waals surface area contributed by atoms with Gasteiger partial charge in [0.1, 0.15) is 17.4 Å². The Hall–Kier alpha value is -3.48. The van der Waals surface area contributed by atoms with E-state index >= 15 is 0 Å². The fraction of sp³-hybridized carbons (Fsp3) is 0.261. The van der Waals surface area contributed by atoms with E-state index in [9.17, 15) is 14.0 Å². The van der Waals surface area contributed by atoms with E-state index in [-0.39, 0.29) is 29.6 Å². The molecule has 6 nitrogen and oxygen atoms in total. The Labute approximate surface area is 174 Å². The molecule has 7 heteroatoms. The highest BCUT2D eigenvalue weighted by Gasteiger charge is 2.20. The quantitative estimate of drug-likeness (QED) is 0.622. The monoisotopic (exact) mass is 409 g/mol. The number of aromatic amines is 1. The zero-order chi connectivity index (χ0) is 21.7. The summed E-state index contributed by atoms with van der Waals surface area (Å²) in [5.41, 5.74) is 1.37. The van der Waals surface area contributed by atoms with Crippen LogP contribution < -0.4 is 15.6 Å². The highest BCUT2D eigenvalue weighted by molar-refractivity contribution is 5.97. The summed E-state index contributed by atoms with van der Waals surface area (Å²) >= 11 is 0. The van der Waals surface area contributed by atoms with Gasteiger partial charge in [0.25, 0.3) is 11.5 Å². The zero-order valence-electron chi connectivity index (χ0n) is 17.1.